The molecule has 0 N–H and O–H groups in total. The van der Waals surface area contributed by atoms with Crippen LogP contribution in [0.2, 0.25) is 0 Å². The highest BCUT2D eigenvalue weighted by molar-refractivity contribution is 7.91. The Bertz CT molecular complexity index is 1060. The molecule has 3 aromatic rings. The predicted molar refractivity (Wildman–Crippen MR) is 95.2 cm³/mol. The van der Waals surface area contributed by atoms with E-state index in [-0.39, 0.29) is 16.1 Å². The van der Waals surface area contributed by atoms with E-state index >= 15 is 0 Å². The maximum atomic E-state index is 12.9. The van der Waals surface area contributed by atoms with E-state index in [4.69, 9.17) is 0 Å². The molecule has 0 saturated carbocycles. The maximum absolute atomic E-state index is 12.9. The number of nitro groups is 1. The van der Waals surface area contributed by atoms with Crippen LogP contribution in [0.4, 0.5) is 5.69 Å². The summed E-state index contributed by atoms with van der Waals surface area (Å²) in [6, 6.07) is 12.7. The van der Waals surface area contributed by atoms with Gasteiger partial charge in [-0.1, -0.05) is 17.7 Å². The van der Waals surface area contributed by atoms with Crippen LogP contribution in [0.15, 0.2) is 59.6 Å². The Morgan fingerprint density at radius 3 is 2.40 bits per heavy atom. The summed E-state index contributed by atoms with van der Waals surface area (Å²) in [4.78, 5) is 15.3. The van der Waals surface area contributed by atoms with Crippen molar-refractivity contribution in [3.63, 3.8) is 0 Å². The van der Waals surface area contributed by atoms with E-state index in [0.29, 0.717) is 10.9 Å². The van der Waals surface area contributed by atoms with Crippen LogP contribution in [0.25, 0.3) is 10.9 Å². The van der Waals surface area contributed by atoms with E-state index in [1.807, 2.05) is 6.92 Å². The van der Waals surface area contributed by atoms with E-state index in [0.717, 1.165) is 5.56 Å². The number of hydrogen-bond acceptors (Lipinski definition) is 5. The highest BCUT2D eigenvalue weighted by Crippen LogP contribution is 2.37. The van der Waals surface area contributed by atoms with Crippen LogP contribution in [0.3, 0.4) is 0 Å². The third kappa shape index (κ3) is 2.98. The smallest absolute Gasteiger partial charge is 0.258 e. The third-order valence-electron chi connectivity index (χ3n) is 4.22. The largest absolute Gasteiger partial charge is 0.283 e. The zero-order valence-electron chi connectivity index (χ0n) is 13.7. The first kappa shape index (κ1) is 17.0. The highest BCUT2D eigenvalue weighted by atomic mass is 32.2. The molecule has 7 heteroatoms. The molecule has 6 nitrogen and oxygen atoms in total. The molecule has 0 aliphatic rings. The minimum atomic E-state index is -3.76. The molecular formula is C18H16N2O4S. The molecule has 0 spiro atoms. The highest BCUT2D eigenvalue weighted by Gasteiger charge is 2.32. The first-order valence-electron chi connectivity index (χ1n) is 7.65. The number of aryl methyl sites for hydroxylation is 1. The van der Waals surface area contributed by atoms with Gasteiger partial charge in [-0.15, -0.1) is 0 Å². The van der Waals surface area contributed by atoms with Gasteiger partial charge in [0.25, 0.3) is 5.69 Å². The van der Waals surface area contributed by atoms with Crippen LogP contribution in [0, 0.1) is 17.0 Å². The molecule has 0 fully saturated rings. The summed E-state index contributed by atoms with van der Waals surface area (Å²) < 4.78 is 25.8. The summed E-state index contributed by atoms with van der Waals surface area (Å²) in [5, 5.41) is 10.9. The maximum Gasteiger partial charge on any atom is 0.283 e. The second-order valence-corrected chi connectivity index (χ2v) is 8.10. The summed E-state index contributed by atoms with van der Waals surface area (Å²) in [6.45, 7) is 3.33. The van der Waals surface area contributed by atoms with Gasteiger partial charge in [0.1, 0.15) is 0 Å². The molecule has 1 aromatic heterocycles. The summed E-state index contributed by atoms with van der Waals surface area (Å²) in [7, 11) is -3.76. The van der Waals surface area contributed by atoms with Gasteiger partial charge in [0, 0.05) is 11.8 Å². The van der Waals surface area contributed by atoms with Crippen molar-refractivity contribution < 1.29 is 13.3 Å². The van der Waals surface area contributed by atoms with Crippen molar-refractivity contribution in [2.75, 3.05) is 0 Å². The lowest BCUT2D eigenvalue weighted by atomic mass is 10.1. The first-order chi connectivity index (χ1) is 11.8. The summed E-state index contributed by atoms with van der Waals surface area (Å²) in [5.74, 6) is 0. The molecule has 25 heavy (non-hydrogen) atoms. The summed E-state index contributed by atoms with van der Waals surface area (Å²) >= 11 is 0. The van der Waals surface area contributed by atoms with Crippen molar-refractivity contribution >= 4 is 26.4 Å². The first-order valence-corrected chi connectivity index (χ1v) is 9.19. The number of rotatable bonds is 4. The number of pyridine rings is 1. The predicted octanol–water partition coefficient (Wildman–Crippen LogP) is 3.99. The number of hydrogen-bond donors (Lipinski definition) is 0. The van der Waals surface area contributed by atoms with Gasteiger partial charge < -0.3 is 0 Å². The van der Waals surface area contributed by atoms with Crippen molar-refractivity contribution in [2.45, 2.75) is 24.0 Å². The molecule has 3 rings (SSSR count). The Kier molecular flexibility index (Phi) is 4.26. The molecule has 1 atom stereocenters. The normalized spacial score (nSPS) is 12.9. The monoisotopic (exact) mass is 356 g/mol. The van der Waals surface area contributed by atoms with Gasteiger partial charge >= 0.3 is 0 Å². The molecule has 0 radical (unpaired) electrons. The fourth-order valence-electron chi connectivity index (χ4n) is 2.78. The van der Waals surface area contributed by atoms with Crippen molar-refractivity contribution in [1.82, 2.24) is 4.98 Å². The molecule has 0 amide bonds. The van der Waals surface area contributed by atoms with Gasteiger partial charge in [-0.25, -0.2) is 8.42 Å². The van der Waals surface area contributed by atoms with Crippen LogP contribution < -0.4 is 0 Å². The number of nitrogens with zero attached hydrogens (tertiary/aromatic N) is 2. The fourth-order valence-corrected chi connectivity index (χ4v) is 4.23. The molecule has 128 valence electrons. The third-order valence-corrected chi connectivity index (χ3v) is 6.34. The fraction of sp³-hybridized carbons (Fsp3) is 0.167. The van der Waals surface area contributed by atoms with Crippen molar-refractivity contribution in [3.8, 4) is 0 Å². The SMILES string of the molecule is Cc1ccc(S(=O)(=O)C(C)c2ccc3ncccc3c2[N+](=O)[O-])cc1. The van der Waals surface area contributed by atoms with Crippen LogP contribution in [0.1, 0.15) is 23.3 Å². The Balaban J connectivity index is 2.20. The molecule has 0 aliphatic carbocycles. The Labute approximate surface area is 145 Å². The van der Waals surface area contributed by atoms with E-state index in [1.165, 1.54) is 31.3 Å². The summed E-state index contributed by atoms with van der Waals surface area (Å²) in [5.41, 5.74) is 1.34. The number of fused-ring (bicyclic) bond motifs is 1. The second-order valence-electron chi connectivity index (χ2n) is 5.83. The Hall–Kier alpha value is -2.80. The van der Waals surface area contributed by atoms with E-state index in [9.17, 15) is 18.5 Å². The summed E-state index contributed by atoms with van der Waals surface area (Å²) in [6.07, 6.45) is 1.54. The van der Waals surface area contributed by atoms with Crippen molar-refractivity contribution in [1.29, 1.82) is 0 Å². The number of aromatic nitrogens is 1. The number of sulfone groups is 1. The molecular weight excluding hydrogens is 340 g/mol. The van der Waals surface area contributed by atoms with Crippen LogP contribution in [-0.2, 0) is 9.84 Å². The van der Waals surface area contributed by atoms with Crippen molar-refractivity contribution in [3.05, 3.63) is 76.0 Å². The van der Waals surface area contributed by atoms with Crippen LogP contribution in [-0.4, -0.2) is 18.3 Å². The average Bonchev–Trinajstić information content (AvgIpc) is 2.60. The zero-order chi connectivity index (χ0) is 18.2. The topological polar surface area (TPSA) is 90.2 Å². The van der Waals surface area contributed by atoms with Gasteiger partial charge in [0.15, 0.2) is 9.84 Å². The van der Waals surface area contributed by atoms with E-state index in [2.05, 4.69) is 4.98 Å². The van der Waals surface area contributed by atoms with Gasteiger partial charge in [-0.2, -0.15) is 0 Å². The lowest BCUT2D eigenvalue weighted by Crippen LogP contribution is -2.12. The lowest BCUT2D eigenvalue weighted by Gasteiger charge is -2.15. The molecule has 0 bridgehead atoms. The van der Waals surface area contributed by atoms with E-state index < -0.39 is 20.0 Å². The van der Waals surface area contributed by atoms with Crippen LogP contribution >= 0.6 is 0 Å². The van der Waals surface area contributed by atoms with Gasteiger partial charge in [-0.05, 0) is 50.2 Å². The molecule has 0 aliphatic heterocycles. The lowest BCUT2D eigenvalue weighted by molar-refractivity contribution is -0.383. The Morgan fingerprint density at radius 1 is 1.08 bits per heavy atom. The number of nitro benzene ring substituents is 1. The van der Waals surface area contributed by atoms with Gasteiger partial charge in [0.05, 0.1) is 26.0 Å². The van der Waals surface area contributed by atoms with Crippen molar-refractivity contribution in [2.24, 2.45) is 0 Å². The molecule has 2 aromatic carbocycles. The average molecular weight is 356 g/mol. The quantitative estimate of drug-likeness (QED) is 0.521. The number of benzene rings is 2. The molecule has 1 unspecified atom stereocenters. The minimum absolute atomic E-state index is 0.145. The van der Waals surface area contributed by atoms with Gasteiger partial charge in [-0.3, -0.25) is 15.1 Å². The minimum Gasteiger partial charge on any atom is -0.258 e. The molecule has 1 heterocycles. The zero-order valence-corrected chi connectivity index (χ0v) is 14.5. The standard InChI is InChI=1S/C18H16N2O4S/c1-12-5-7-14(8-6-12)25(23,24)13(2)15-9-10-17-16(4-3-11-19-17)18(15)20(21)22/h3-11,13H,1-2H3. The second kappa shape index (κ2) is 6.25. The Morgan fingerprint density at radius 2 is 1.76 bits per heavy atom. The molecule has 0 saturated heterocycles. The van der Waals surface area contributed by atoms with E-state index in [1.54, 1.807) is 30.3 Å². The van der Waals surface area contributed by atoms with Crippen LogP contribution in [0.5, 0.6) is 0 Å². The van der Waals surface area contributed by atoms with Gasteiger partial charge in [0.2, 0.25) is 0 Å².